The maximum absolute atomic E-state index is 13.1. The maximum Gasteiger partial charge on any atom is 0.246 e. The second-order valence-electron chi connectivity index (χ2n) is 8.43. The number of nitrogens with zero attached hydrogens (tertiary/aromatic N) is 4. The first-order valence-electron chi connectivity index (χ1n) is 9.58. The predicted octanol–water partition coefficient (Wildman–Crippen LogP) is 3.36. The molecule has 1 saturated carbocycles. The lowest BCUT2D eigenvalue weighted by atomic mass is 9.65. The molecular weight excluding hydrogens is 352 g/mol. The summed E-state index contributed by atoms with van der Waals surface area (Å²) >= 11 is 0. The van der Waals surface area contributed by atoms with Crippen LogP contribution in [0.2, 0.25) is 0 Å². The summed E-state index contributed by atoms with van der Waals surface area (Å²) in [6.45, 7) is 6.34. The number of aromatic nitrogens is 4. The number of carbonyl (C=O) groups is 1. The van der Waals surface area contributed by atoms with E-state index in [4.69, 9.17) is 4.98 Å². The Balaban J connectivity index is 1.53. The Morgan fingerprint density at radius 3 is 2.86 bits per heavy atom. The normalized spacial score (nSPS) is 24.2. The molecule has 1 fully saturated rings. The van der Waals surface area contributed by atoms with Crippen LogP contribution in [0.1, 0.15) is 50.9 Å². The van der Waals surface area contributed by atoms with Crippen molar-refractivity contribution in [3.8, 4) is 0 Å². The average Bonchev–Trinajstić information content (AvgIpc) is 3.32. The molecule has 0 spiro atoms. The summed E-state index contributed by atoms with van der Waals surface area (Å²) in [4.78, 5) is 21.3. The van der Waals surface area contributed by atoms with E-state index in [1.54, 1.807) is 17.1 Å². The molecule has 2 N–H and O–H groups in total. The lowest BCUT2D eigenvalue weighted by Gasteiger charge is -2.39. The second kappa shape index (κ2) is 6.58. The van der Waals surface area contributed by atoms with Crippen LogP contribution in [0, 0.1) is 10.8 Å². The van der Waals surface area contributed by atoms with Gasteiger partial charge in [-0.15, -0.1) is 0 Å². The molecule has 1 aliphatic rings. The molecule has 4 rings (SSSR count). The number of aromatic amines is 1. The summed E-state index contributed by atoms with van der Waals surface area (Å²) in [5.74, 6) is 1.08. The predicted molar refractivity (Wildman–Crippen MR) is 109 cm³/mol. The highest BCUT2D eigenvalue weighted by atomic mass is 16.2. The Labute approximate surface area is 164 Å². The van der Waals surface area contributed by atoms with Gasteiger partial charge in [0.15, 0.2) is 0 Å². The van der Waals surface area contributed by atoms with Gasteiger partial charge in [-0.2, -0.15) is 10.2 Å². The van der Waals surface area contributed by atoms with E-state index >= 15 is 0 Å². The van der Waals surface area contributed by atoms with E-state index in [1.807, 2.05) is 44.4 Å². The van der Waals surface area contributed by atoms with Gasteiger partial charge in [-0.3, -0.25) is 9.48 Å². The Bertz CT molecular complexity index is 1010. The Hall–Kier alpha value is -2.96. The van der Waals surface area contributed by atoms with E-state index in [2.05, 4.69) is 34.5 Å². The molecule has 0 saturated heterocycles. The van der Waals surface area contributed by atoms with Crippen LogP contribution in [0.15, 0.2) is 41.8 Å². The number of aryl methyl sites for hydroxylation is 1. The number of H-pyrrole nitrogens is 1. The van der Waals surface area contributed by atoms with E-state index in [-0.39, 0.29) is 17.2 Å². The average molecular weight is 378 g/mol. The molecule has 2 atom stereocenters. The highest BCUT2D eigenvalue weighted by Gasteiger charge is 2.57. The zero-order chi connectivity index (χ0) is 19.9. The molecule has 28 heavy (non-hydrogen) atoms. The van der Waals surface area contributed by atoms with Crippen LogP contribution >= 0.6 is 0 Å². The second-order valence-corrected chi connectivity index (χ2v) is 8.43. The third kappa shape index (κ3) is 2.91. The van der Waals surface area contributed by atoms with Crippen molar-refractivity contribution in [1.29, 1.82) is 0 Å². The highest BCUT2D eigenvalue weighted by Crippen LogP contribution is 2.59. The fourth-order valence-electron chi connectivity index (χ4n) is 4.32. The number of benzene rings is 1. The van der Waals surface area contributed by atoms with Gasteiger partial charge in [-0.25, -0.2) is 10.4 Å². The summed E-state index contributed by atoms with van der Waals surface area (Å²) in [5, 5.41) is 8.23. The number of amides is 1. The summed E-state index contributed by atoms with van der Waals surface area (Å²) < 4.78 is 1.70. The standard InChI is InChI=1S/C21H26N6O/c1-20(2)15(18-24-16-7-5-6-8-17(16)25-18)9-10-21(20,3)19(28)26-22-11-14-12-23-27(4)13-14/h5-8,11-13,15H,9-10H2,1-4H3,(H,24,25)(H,26,28)/b22-11-/t15-,21+/m1/s1. The Morgan fingerprint density at radius 1 is 1.36 bits per heavy atom. The minimum absolute atomic E-state index is 0.0590. The Morgan fingerprint density at radius 2 is 2.14 bits per heavy atom. The van der Waals surface area contributed by atoms with Crippen molar-refractivity contribution in [2.24, 2.45) is 23.0 Å². The SMILES string of the molecule is Cn1cc(/C=N\NC(=O)[C@]2(C)CC[C@H](c3nc4ccccc4[nH]3)C2(C)C)cn1. The van der Waals surface area contributed by atoms with E-state index < -0.39 is 5.41 Å². The number of fused-ring (bicyclic) bond motifs is 1. The number of hydrazone groups is 1. The number of carbonyl (C=O) groups excluding carboxylic acids is 1. The summed E-state index contributed by atoms with van der Waals surface area (Å²) in [7, 11) is 1.84. The molecule has 0 unspecified atom stereocenters. The number of imidazole rings is 1. The maximum atomic E-state index is 13.1. The fraction of sp³-hybridized carbons (Fsp3) is 0.429. The third-order valence-electron chi connectivity index (χ3n) is 6.57. The van der Waals surface area contributed by atoms with Gasteiger partial charge in [0.2, 0.25) is 5.91 Å². The molecule has 7 heteroatoms. The molecule has 3 aromatic rings. The number of nitrogens with one attached hydrogen (secondary N) is 2. The summed E-state index contributed by atoms with van der Waals surface area (Å²) in [5.41, 5.74) is 4.78. The first-order chi connectivity index (χ1) is 13.3. The van der Waals surface area contributed by atoms with Gasteiger partial charge in [-0.05, 0) is 30.4 Å². The third-order valence-corrected chi connectivity index (χ3v) is 6.57. The van der Waals surface area contributed by atoms with E-state index in [9.17, 15) is 4.79 Å². The molecule has 1 aliphatic carbocycles. The quantitative estimate of drug-likeness (QED) is 0.539. The first kappa shape index (κ1) is 18.4. The number of hydrogen-bond donors (Lipinski definition) is 2. The fourth-order valence-corrected chi connectivity index (χ4v) is 4.32. The van der Waals surface area contributed by atoms with E-state index in [0.29, 0.717) is 0 Å². The van der Waals surface area contributed by atoms with Gasteiger partial charge in [0.05, 0.1) is 28.9 Å². The number of para-hydroxylation sites is 2. The van der Waals surface area contributed by atoms with Crippen molar-refractivity contribution in [3.63, 3.8) is 0 Å². The van der Waals surface area contributed by atoms with Gasteiger partial charge in [0.1, 0.15) is 5.82 Å². The number of hydrogen-bond acceptors (Lipinski definition) is 4. The smallest absolute Gasteiger partial charge is 0.246 e. The van der Waals surface area contributed by atoms with Crippen molar-refractivity contribution in [2.45, 2.75) is 39.5 Å². The lowest BCUT2D eigenvalue weighted by Crippen LogP contribution is -2.45. The van der Waals surface area contributed by atoms with Gasteiger partial charge < -0.3 is 4.98 Å². The van der Waals surface area contributed by atoms with Crippen molar-refractivity contribution >= 4 is 23.2 Å². The number of rotatable bonds is 4. The van der Waals surface area contributed by atoms with Crippen LogP contribution in [0.3, 0.4) is 0 Å². The van der Waals surface area contributed by atoms with Crippen molar-refractivity contribution in [1.82, 2.24) is 25.2 Å². The monoisotopic (exact) mass is 378 g/mol. The van der Waals surface area contributed by atoms with Crippen LogP contribution in [-0.4, -0.2) is 31.9 Å². The largest absolute Gasteiger partial charge is 0.342 e. The Kier molecular flexibility index (Phi) is 4.33. The van der Waals surface area contributed by atoms with E-state index in [0.717, 1.165) is 35.3 Å². The zero-order valence-corrected chi connectivity index (χ0v) is 16.7. The van der Waals surface area contributed by atoms with Gasteiger partial charge in [0.25, 0.3) is 0 Å². The molecule has 2 aromatic heterocycles. The topological polar surface area (TPSA) is 88.0 Å². The molecule has 0 aliphatic heterocycles. The molecule has 2 heterocycles. The van der Waals surface area contributed by atoms with Crippen LogP contribution in [0.4, 0.5) is 0 Å². The van der Waals surface area contributed by atoms with Crippen LogP contribution in [0.5, 0.6) is 0 Å². The van der Waals surface area contributed by atoms with Crippen molar-refractivity contribution < 1.29 is 4.79 Å². The molecule has 7 nitrogen and oxygen atoms in total. The van der Waals surface area contributed by atoms with Crippen LogP contribution in [-0.2, 0) is 11.8 Å². The minimum atomic E-state index is -0.539. The molecule has 1 aromatic carbocycles. The molecule has 0 radical (unpaired) electrons. The van der Waals surface area contributed by atoms with Gasteiger partial charge >= 0.3 is 0 Å². The highest BCUT2D eigenvalue weighted by molar-refractivity contribution is 5.86. The van der Waals surface area contributed by atoms with Crippen LogP contribution < -0.4 is 5.43 Å². The van der Waals surface area contributed by atoms with Gasteiger partial charge in [0, 0.05) is 24.7 Å². The van der Waals surface area contributed by atoms with Gasteiger partial charge in [-0.1, -0.05) is 32.9 Å². The molecule has 146 valence electrons. The first-order valence-corrected chi connectivity index (χ1v) is 9.58. The van der Waals surface area contributed by atoms with Crippen molar-refractivity contribution in [2.75, 3.05) is 0 Å². The summed E-state index contributed by atoms with van der Waals surface area (Å²) in [6.07, 6.45) is 6.86. The minimum Gasteiger partial charge on any atom is -0.342 e. The molecular formula is C21H26N6O. The summed E-state index contributed by atoms with van der Waals surface area (Å²) in [6, 6.07) is 8.04. The van der Waals surface area contributed by atoms with Crippen LogP contribution in [0.25, 0.3) is 11.0 Å². The molecule has 0 bridgehead atoms. The zero-order valence-electron chi connectivity index (χ0n) is 16.7. The molecule has 1 amide bonds. The lowest BCUT2D eigenvalue weighted by molar-refractivity contribution is -0.135. The van der Waals surface area contributed by atoms with Crippen molar-refractivity contribution in [3.05, 3.63) is 48.0 Å². The van der Waals surface area contributed by atoms with E-state index in [1.165, 1.54) is 0 Å².